The Morgan fingerprint density at radius 3 is 2.73 bits per heavy atom. The Kier molecular flexibility index (Phi) is 3.70. The van der Waals surface area contributed by atoms with Gasteiger partial charge in [0.05, 0.1) is 0 Å². The lowest BCUT2D eigenvalue weighted by atomic mass is 10.2. The van der Waals surface area contributed by atoms with Gasteiger partial charge in [-0.3, -0.25) is 4.79 Å². The first-order chi connectivity index (χ1) is 7.25. The minimum atomic E-state index is 0.0370. The first-order valence-corrected chi connectivity index (χ1v) is 6.84. The quantitative estimate of drug-likeness (QED) is 0.905. The normalized spacial score (nSPS) is 20.2. The van der Waals surface area contributed by atoms with Crippen LogP contribution in [0, 0.1) is 0 Å². The van der Waals surface area contributed by atoms with Gasteiger partial charge in [-0.2, -0.15) is 11.8 Å². The zero-order chi connectivity index (χ0) is 10.7. The number of rotatable bonds is 2. The van der Waals surface area contributed by atoms with E-state index in [0.717, 1.165) is 28.0 Å². The number of hydrogen-bond donors (Lipinski definition) is 1. The first kappa shape index (κ1) is 11.0. The van der Waals surface area contributed by atoms with Crippen molar-refractivity contribution in [1.82, 2.24) is 5.32 Å². The van der Waals surface area contributed by atoms with Gasteiger partial charge in [0.2, 0.25) is 0 Å². The van der Waals surface area contributed by atoms with Crippen LogP contribution in [0.5, 0.6) is 0 Å². The fraction of sp³-hybridized carbons (Fsp3) is 0.364. The van der Waals surface area contributed by atoms with Crippen molar-refractivity contribution in [1.29, 1.82) is 0 Å². The molecule has 1 unspecified atom stereocenters. The van der Waals surface area contributed by atoms with Crippen LogP contribution in [0.1, 0.15) is 16.8 Å². The minimum absolute atomic E-state index is 0.0370. The Morgan fingerprint density at radius 1 is 1.40 bits per heavy atom. The molecule has 2 rings (SSSR count). The van der Waals surface area contributed by atoms with E-state index in [1.54, 1.807) is 0 Å². The molecule has 1 saturated heterocycles. The number of carbonyl (C=O) groups is 1. The molecule has 1 heterocycles. The highest BCUT2D eigenvalue weighted by Gasteiger charge is 2.17. The third-order valence-corrected chi connectivity index (χ3v) is 4.06. The number of benzene rings is 1. The summed E-state index contributed by atoms with van der Waals surface area (Å²) in [4.78, 5) is 11.8. The van der Waals surface area contributed by atoms with Crippen LogP contribution < -0.4 is 5.32 Å². The fourth-order valence-corrected chi connectivity index (χ4v) is 2.94. The average molecular weight is 286 g/mol. The van der Waals surface area contributed by atoms with Crippen molar-refractivity contribution in [3.8, 4) is 0 Å². The summed E-state index contributed by atoms with van der Waals surface area (Å²) in [6.45, 7) is 0. The Balaban J connectivity index is 1.98. The first-order valence-electron chi connectivity index (χ1n) is 4.90. The molecule has 0 aliphatic carbocycles. The van der Waals surface area contributed by atoms with Crippen molar-refractivity contribution in [3.05, 3.63) is 34.3 Å². The zero-order valence-electron chi connectivity index (χ0n) is 8.20. The molecule has 1 aromatic rings. The molecule has 0 radical (unpaired) electrons. The van der Waals surface area contributed by atoms with E-state index in [0.29, 0.717) is 6.04 Å². The standard InChI is InChI=1S/C11H12BrNOS/c12-9-3-1-8(2-4-9)11(14)13-10-5-6-15-7-10/h1-4,10H,5-7H2,(H,13,14). The predicted molar refractivity (Wildman–Crippen MR) is 67.3 cm³/mol. The second-order valence-electron chi connectivity index (χ2n) is 3.54. The van der Waals surface area contributed by atoms with Gasteiger partial charge in [0.1, 0.15) is 0 Å². The van der Waals surface area contributed by atoms with Gasteiger partial charge in [0.25, 0.3) is 5.91 Å². The number of hydrogen-bond acceptors (Lipinski definition) is 2. The van der Waals surface area contributed by atoms with E-state index in [1.807, 2.05) is 36.0 Å². The molecule has 80 valence electrons. The smallest absolute Gasteiger partial charge is 0.251 e. The van der Waals surface area contributed by atoms with Crippen molar-refractivity contribution in [3.63, 3.8) is 0 Å². The lowest BCUT2D eigenvalue weighted by molar-refractivity contribution is 0.0941. The SMILES string of the molecule is O=C(NC1CCSC1)c1ccc(Br)cc1. The van der Waals surface area contributed by atoms with Gasteiger partial charge in [0.15, 0.2) is 0 Å². The lowest BCUT2D eigenvalue weighted by Crippen LogP contribution is -2.34. The lowest BCUT2D eigenvalue weighted by Gasteiger charge is -2.10. The van der Waals surface area contributed by atoms with Crippen LogP contribution in [0.4, 0.5) is 0 Å². The molecule has 0 aromatic heterocycles. The molecular weight excluding hydrogens is 274 g/mol. The van der Waals surface area contributed by atoms with Crippen molar-refractivity contribution < 1.29 is 4.79 Å². The maximum Gasteiger partial charge on any atom is 0.251 e. The molecule has 1 aliphatic heterocycles. The molecular formula is C11H12BrNOS. The van der Waals surface area contributed by atoms with Crippen LogP contribution >= 0.6 is 27.7 Å². The van der Waals surface area contributed by atoms with Crippen LogP contribution in [0.2, 0.25) is 0 Å². The van der Waals surface area contributed by atoms with Gasteiger partial charge < -0.3 is 5.32 Å². The molecule has 1 atom stereocenters. The summed E-state index contributed by atoms with van der Waals surface area (Å²) < 4.78 is 0.996. The van der Waals surface area contributed by atoms with Gasteiger partial charge in [-0.15, -0.1) is 0 Å². The van der Waals surface area contributed by atoms with Gasteiger partial charge in [0, 0.05) is 21.8 Å². The van der Waals surface area contributed by atoms with Crippen molar-refractivity contribution in [2.45, 2.75) is 12.5 Å². The van der Waals surface area contributed by atoms with Gasteiger partial charge in [-0.05, 0) is 36.4 Å². The second-order valence-corrected chi connectivity index (χ2v) is 5.61. The molecule has 4 heteroatoms. The minimum Gasteiger partial charge on any atom is -0.348 e. The number of thioether (sulfide) groups is 1. The highest BCUT2D eigenvalue weighted by atomic mass is 79.9. The van der Waals surface area contributed by atoms with Crippen molar-refractivity contribution >= 4 is 33.6 Å². The average Bonchev–Trinajstić information content (AvgIpc) is 2.71. The van der Waals surface area contributed by atoms with Crippen LogP contribution in [0.25, 0.3) is 0 Å². The predicted octanol–water partition coefficient (Wildman–Crippen LogP) is 2.68. The molecule has 1 aliphatic rings. The van der Waals surface area contributed by atoms with Crippen LogP contribution in [-0.4, -0.2) is 23.5 Å². The van der Waals surface area contributed by atoms with E-state index >= 15 is 0 Å². The van der Waals surface area contributed by atoms with Crippen LogP contribution in [0.15, 0.2) is 28.7 Å². The van der Waals surface area contributed by atoms with E-state index < -0.39 is 0 Å². The number of carbonyl (C=O) groups excluding carboxylic acids is 1. The summed E-state index contributed by atoms with van der Waals surface area (Å²) in [6, 6.07) is 7.80. The Labute approximate surface area is 102 Å². The summed E-state index contributed by atoms with van der Waals surface area (Å²) in [5.74, 6) is 2.24. The monoisotopic (exact) mass is 285 g/mol. The summed E-state index contributed by atoms with van der Waals surface area (Å²) in [6.07, 6.45) is 1.09. The summed E-state index contributed by atoms with van der Waals surface area (Å²) >= 11 is 5.25. The van der Waals surface area contributed by atoms with E-state index in [9.17, 15) is 4.79 Å². The topological polar surface area (TPSA) is 29.1 Å². The third kappa shape index (κ3) is 2.98. The van der Waals surface area contributed by atoms with Crippen LogP contribution in [0.3, 0.4) is 0 Å². The van der Waals surface area contributed by atoms with Crippen LogP contribution in [-0.2, 0) is 0 Å². The van der Waals surface area contributed by atoms with Crippen molar-refractivity contribution in [2.24, 2.45) is 0 Å². The second kappa shape index (κ2) is 5.03. The molecule has 1 amide bonds. The molecule has 0 bridgehead atoms. The molecule has 2 nitrogen and oxygen atoms in total. The highest BCUT2D eigenvalue weighted by molar-refractivity contribution is 9.10. The molecule has 1 aromatic carbocycles. The van der Waals surface area contributed by atoms with Crippen molar-refractivity contribution in [2.75, 3.05) is 11.5 Å². The Morgan fingerprint density at radius 2 is 2.13 bits per heavy atom. The van der Waals surface area contributed by atoms with E-state index in [-0.39, 0.29) is 5.91 Å². The fourth-order valence-electron chi connectivity index (χ4n) is 1.52. The van der Waals surface area contributed by atoms with E-state index in [2.05, 4.69) is 21.2 Å². The van der Waals surface area contributed by atoms with Gasteiger partial charge in [-0.25, -0.2) is 0 Å². The van der Waals surface area contributed by atoms with Gasteiger partial charge in [-0.1, -0.05) is 15.9 Å². The summed E-state index contributed by atoms with van der Waals surface area (Å²) in [5, 5.41) is 3.04. The largest absolute Gasteiger partial charge is 0.348 e. The van der Waals surface area contributed by atoms with E-state index in [4.69, 9.17) is 0 Å². The zero-order valence-corrected chi connectivity index (χ0v) is 10.6. The molecule has 15 heavy (non-hydrogen) atoms. The molecule has 0 saturated carbocycles. The Hall–Kier alpha value is -0.480. The molecule has 1 fully saturated rings. The summed E-state index contributed by atoms with van der Waals surface area (Å²) in [7, 11) is 0. The van der Waals surface area contributed by atoms with E-state index in [1.165, 1.54) is 0 Å². The summed E-state index contributed by atoms with van der Waals surface area (Å²) in [5.41, 5.74) is 0.732. The number of nitrogens with one attached hydrogen (secondary N) is 1. The molecule has 1 N–H and O–H groups in total. The Bertz CT molecular complexity index is 346. The maximum atomic E-state index is 11.8. The third-order valence-electron chi connectivity index (χ3n) is 2.37. The number of halogens is 1. The molecule has 0 spiro atoms. The number of amides is 1. The van der Waals surface area contributed by atoms with Gasteiger partial charge >= 0.3 is 0 Å². The highest BCUT2D eigenvalue weighted by Crippen LogP contribution is 2.17. The maximum absolute atomic E-state index is 11.8.